The highest BCUT2D eigenvalue weighted by atomic mass is 19.1. The van der Waals surface area contributed by atoms with Crippen LogP contribution in [0, 0.1) is 5.82 Å². The number of anilines is 1. The molecule has 2 aromatic rings. The smallest absolute Gasteiger partial charge is 0.165 e. The van der Waals surface area contributed by atoms with E-state index >= 15 is 0 Å². The Bertz CT molecular complexity index is 622. The molecule has 104 valence electrons. The van der Waals surface area contributed by atoms with Crippen LogP contribution in [-0.4, -0.2) is 33.1 Å². The predicted octanol–water partition coefficient (Wildman–Crippen LogP) is 2.14. The normalized spacial score (nSPS) is 22.4. The van der Waals surface area contributed by atoms with E-state index in [9.17, 15) is 4.39 Å². The lowest BCUT2D eigenvalue weighted by molar-refractivity contribution is 0.479. The summed E-state index contributed by atoms with van der Waals surface area (Å²) in [6, 6.07) is 3.33. The summed E-state index contributed by atoms with van der Waals surface area (Å²) in [6.07, 6.45) is 7.10. The molecule has 0 radical (unpaired) electrons. The van der Waals surface area contributed by atoms with E-state index in [4.69, 9.17) is 0 Å². The molecule has 5 nitrogen and oxygen atoms in total. The van der Waals surface area contributed by atoms with Crippen molar-refractivity contribution < 1.29 is 4.39 Å². The van der Waals surface area contributed by atoms with Crippen LogP contribution in [0.4, 0.5) is 10.2 Å². The Morgan fingerprint density at radius 2 is 2.15 bits per heavy atom. The monoisotopic (exact) mass is 273 g/mol. The van der Waals surface area contributed by atoms with Crippen molar-refractivity contribution in [3.05, 3.63) is 36.0 Å². The van der Waals surface area contributed by atoms with Gasteiger partial charge in [-0.3, -0.25) is 0 Å². The number of nitrogens with zero attached hydrogens (tertiary/aromatic N) is 5. The van der Waals surface area contributed by atoms with Crippen LogP contribution in [0.15, 0.2) is 24.5 Å². The van der Waals surface area contributed by atoms with Gasteiger partial charge in [-0.2, -0.15) is 0 Å². The van der Waals surface area contributed by atoms with E-state index < -0.39 is 0 Å². The van der Waals surface area contributed by atoms with Crippen LogP contribution in [0.25, 0.3) is 0 Å². The van der Waals surface area contributed by atoms with Gasteiger partial charge in [0.1, 0.15) is 0 Å². The van der Waals surface area contributed by atoms with Gasteiger partial charge in [-0.05, 0) is 31.4 Å². The van der Waals surface area contributed by atoms with Gasteiger partial charge in [-0.15, -0.1) is 5.10 Å². The molecule has 20 heavy (non-hydrogen) atoms. The molecule has 0 spiro atoms. The highest BCUT2D eigenvalue weighted by molar-refractivity contribution is 5.41. The second-order valence-electron chi connectivity index (χ2n) is 5.60. The van der Waals surface area contributed by atoms with Gasteiger partial charge in [0.15, 0.2) is 11.6 Å². The number of hydrogen-bond donors (Lipinski definition) is 0. The van der Waals surface area contributed by atoms with Crippen molar-refractivity contribution >= 4 is 5.82 Å². The van der Waals surface area contributed by atoms with E-state index in [0.29, 0.717) is 11.7 Å². The zero-order valence-corrected chi connectivity index (χ0v) is 11.1. The lowest BCUT2D eigenvalue weighted by atomic mass is 10.2. The van der Waals surface area contributed by atoms with Crippen LogP contribution < -0.4 is 4.90 Å². The first-order chi connectivity index (χ1) is 9.81. The molecular formula is C14H16FN5. The van der Waals surface area contributed by atoms with E-state index in [2.05, 4.69) is 21.5 Å². The number of hydrogen-bond acceptors (Lipinski definition) is 4. The zero-order valence-electron chi connectivity index (χ0n) is 11.1. The Hall–Kier alpha value is -1.98. The van der Waals surface area contributed by atoms with Crippen LogP contribution in [0.1, 0.15) is 36.9 Å². The summed E-state index contributed by atoms with van der Waals surface area (Å²) < 4.78 is 15.7. The fourth-order valence-corrected chi connectivity index (χ4v) is 2.80. The molecule has 2 fully saturated rings. The van der Waals surface area contributed by atoms with Gasteiger partial charge in [-0.25, -0.2) is 14.1 Å². The predicted molar refractivity (Wildman–Crippen MR) is 72.1 cm³/mol. The molecule has 6 heteroatoms. The molecule has 1 saturated heterocycles. The fraction of sp³-hybridized carbons (Fsp3) is 0.500. The van der Waals surface area contributed by atoms with Gasteiger partial charge in [0, 0.05) is 31.4 Å². The highest BCUT2D eigenvalue weighted by Gasteiger charge is 2.30. The van der Waals surface area contributed by atoms with Crippen LogP contribution in [-0.2, 0) is 0 Å². The maximum absolute atomic E-state index is 13.8. The fourth-order valence-electron chi connectivity index (χ4n) is 2.80. The molecular weight excluding hydrogens is 257 g/mol. The molecule has 1 unspecified atom stereocenters. The van der Waals surface area contributed by atoms with E-state index in [1.807, 2.05) is 9.58 Å². The average molecular weight is 273 g/mol. The molecule has 1 saturated carbocycles. The first-order valence-corrected chi connectivity index (χ1v) is 7.08. The van der Waals surface area contributed by atoms with Crippen molar-refractivity contribution in [2.75, 3.05) is 18.0 Å². The number of rotatable bonds is 3. The lowest BCUT2D eigenvalue weighted by Gasteiger charge is -2.17. The second kappa shape index (κ2) is 4.54. The summed E-state index contributed by atoms with van der Waals surface area (Å²) in [7, 11) is 0. The minimum Gasteiger partial charge on any atom is -0.352 e. The molecule has 4 rings (SSSR count). The molecule has 0 aromatic carbocycles. The van der Waals surface area contributed by atoms with Crippen molar-refractivity contribution in [2.24, 2.45) is 0 Å². The average Bonchev–Trinajstić information content (AvgIpc) is 3.01. The third-order valence-corrected chi connectivity index (χ3v) is 4.10. The standard InChI is InChI=1S/C14H16FN5/c15-12-2-1-6-16-14(12)19-7-5-11(8-19)20-9-13(17-18-20)10-3-4-10/h1-2,6,9-11H,3-5,7-8H2. The van der Waals surface area contributed by atoms with E-state index in [0.717, 1.165) is 25.2 Å². The second-order valence-corrected chi connectivity index (χ2v) is 5.60. The van der Waals surface area contributed by atoms with Gasteiger partial charge in [0.2, 0.25) is 0 Å². The maximum Gasteiger partial charge on any atom is 0.165 e. The summed E-state index contributed by atoms with van der Waals surface area (Å²) in [5, 5.41) is 8.48. The van der Waals surface area contributed by atoms with Crippen LogP contribution >= 0.6 is 0 Å². The highest BCUT2D eigenvalue weighted by Crippen LogP contribution is 2.39. The van der Waals surface area contributed by atoms with E-state index in [1.165, 1.54) is 18.9 Å². The molecule has 2 aromatic heterocycles. The molecule has 1 atom stereocenters. The van der Waals surface area contributed by atoms with Crippen molar-refractivity contribution in [3.8, 4) is 0 Å². The molecule has 1 aliphatic carbocycles. The number of pyridine rings is 1. The van der Waals surface area contributed by atoms with E-state index in [-0.39, 0.29) is 11.9 Å². The van der Waals surface area contributed by atoms with Gasteiger partial charge in [-0.1, -0.05) is 5.21 Å². The Balaban J connectivity index is 1.51. The summed E-state index contributed by atoms with van der Waals surface area (Å²) >= 11 is 0. The Morgan fingerprint density at radius 3 is 2.95 bits per heavy atom. The summed E-state index contributed by atoms with van der Waals surface area (Å²) in [5.41, 5.74) is 1.10. The molecule has 2 aliphatic rings. The number of aromatic nitrogens is 4. The zero-order chi connectivity index (χ0) is 13.5. The van der Waals surface area contributed by atoms with Gasteiger partial charge >= 0.3 is 0 Å². The van der Waals surface area contributed by atoms with Crippen molar-refractivity contribution in [1.29, 1.82) is 0 Å². The summed E-state index contributed by atoms with van der Waals surface area (Å²) in [5.74, 6) is 0.803. The van der Waals surface area contributed by atoms with Crippen molar-refractivity contribution in [3.63, 3.8) is 0 Å². The SMILES string of the molecule is Fc1cccnc1N1CCC(n2cc(C3CC3)nn2)C1. The minimum atomic E-state index is -0.259. The minimum absolute atomic E-state index is 0.259. The van der Waals surface area contributed by atoms with Crippen molar-refractivity contribution in [2.45, 2.75) is 31.2 Å². The first-order valence-electron chi connectivity index (χ1n) is 7.08. The first kappa shape index (κ1) is 11.8. The molecule has 0 N–H and O–H groups in total. The molecule has 3 heterocycles. The Kier molecular flexibility index (Phi) is 2.68. The van der Waals surface area contributed by atoms with Crippen LogP contribution in [0.5, 0.6) is 0 Å². The largest absolute Gasteiger partial charge is 0.352 e. The van der Waals surface area contributed by atoms with Crippen molar-refractivity contribution in [1.82, 2.24) is 20.0 Å². The summed E-state index contributed by atoms with van der Waals surface area (Å²) in [6.45, 7) is 1.54. The van der Waals surface area contributed by atoms with Crippen LogP contribution in [0.3, 0.4) is 0 Å². The van der Waals surface area contributed by atoms with E-state index in [1.54, 1.807) is 12.3 Å². The summed E-state index contributed by atoms with van der Waals surface area (Å²) in [4.78, 5) is 6.12. The number of halogens is 1. The third kappa shape index (κ3) is 2.05. The maximum atomic E-state index is 13.8. The quantitative estimate of drug-likeness (QED) is 0.859. The lowest BCUT2D eigenvalue weighted by Crippen LogP contribution is -2.23. The van der Waals surface area contributed by atoms with Gasteiger partial charge in [0.05, 0.1) is 11.7 Å². The Morgan fingerprint density at radius 1 is 1.25 bits per heavy atom. The van der Waals surface area contributed by atoms with Gasteiger partial charge < -0.3 is 4.90 Å². The van der Waals surface area contributed by atoms with Crippen LogP contribution in [0.2, 0.25) is 0 Å². The molecule has 0 amide bonds. The third-order valence-electron chi connectivity index (χ3n) is 4.10. The Labute approximate surface area is 116 Å². The topological polar surface area (TPSA) is 46.8 Å². The molecule has 1 aliphatic heterocycles. The van der Waals surface area contributed by atoms with Gasteiger partial charge in [0.25, 0.3) is 0 Å². The molecule has 0 bridgehead atoms.